The van der Waals surface area contributed by atoms with E-state index in [1.54, 1.807) is 4.90 Å². The molecule has 0 aliphatic rings. The average Bonchev–Trinajstić information content (AvgIpc) is 2.17. The Morgan fingerprint density at radius 3 is 2.80 bits per heavy atom. The Labute approximate surface area is 97.8 Å². The van der Waals surface area contributed by atoms with Crippen LogP contribution in [0.25, 0.3) is 0 Å². The molecule has 0 bridgehead atoms. The van der Waals surface area contributed by atoms with Gasteiger partial charge in [0, 0.05) is 24.5 Å². The van der Waals surface area contributed by atoms with Crippen LogP contribution in [0, 0.1) is 0 Å². The van der Waals surface area contributed by atoms with Gasteiger partial charge in [0.25, 0.3) is 0 Å². The van der Waals surface area contributed by atoms with E-state index in [2.05, 4.69) is 15.9 Å². The van der Waals surface area contributed by atoms with Crippen molar-refractivity contribution in [1.82, 2.24) is 4.90 Å². The molecule has 0 spiro atoms. The zero-order valence-corrected chi connectivity index (χ0v) is 10.2. The minimum atomic E-state index is -0.0241. The number of benzene rings is 1. The minimum absolute atomic E-state index is 0.00637. The number of halogens is 1. The molecule has 0 saturated carbocycles. The van der Waals surface area contributed by atoms with Crippen molar-refractivity contribution in [3.63, 3.8) is 0 Å². The fourth-order valence-electron chi connectivity index (χ4n) is 1.32. The Balaban J connectivity index is 2.69. The van der Waals surface area contributed by atoms with Gasteiger partial charge in [0.15, 0.2) is 0 Å². The van der Waals surface area contributed by atoms with E-state index in [9.17, 15) is 4.79 Å². The van der Waals surface area contributed by atoms with Crippen LogP contribution >= 0.6 is 15.9 Å². The lowest BCUT2D eigenvalue weighted by Crippen LogP contribution is -2.30. The molecular weight excluding hydrogens is 258 g/mol. The van der Waals surface area contributed by atoms with Crippen molar-refractivity contribution < 1.29 is 9.90 Å². The van der Waals surface area contributed by atoms with Crippen LogP contribution < -0.4 is 0 Å². The van der Waals surface area contributed by atoms with Crippen LogP contribution in [0.3, 0.4) is 0 Å². The second-order valence-electron chi connectivity index (χ2n) is 3.29. The van der Waals surface area contributed by atoms with Crippen molar-refractivity contribution in [2.75, 3.05) is 13.2 Å². The average molecular weight is 272 g/mol. The molecule has 1 amide bonds. The molecule has 0 aliphatic carbocycles. The highest BCUT2D eigenvalue weighted by Crippen LogP contribution is 2.13. The van der Waals surface area contributed by atoms with Crippen LogP contribution in [-0.2, 0) is 11.3 Å². The van der Waals surface area contributed by atoms with Crippen molar-refractivity contribution >= 4 is 21.8 Å². The number of carbonyl (C=O) groups excluding carboxylic acids is 1. The van der Waals surface area contributed by atoms with E-state index in [4.69, 9.17) is 5.11 Å². The van der Waals surface area contributed by atoms with Gasteiger partial charge in [-0.25, -0.2) is 0 Å². The van der Waals surface area contributed by atoms with Gasteiger partial charge in [0.2, 0.25) is 5.91 Å². The first-order chi connectivity index (χ1) is 7.13. The molecule has 0 aromatic heterocycles. The molecule has 15 heavy (non-hydrogen) atoms. The van der Waals surface area contributed by atoms with Gasteiger partial charge in [-0.05, 0) is 17.7 Å². The molecule has 0 atom stereocenters. The fourth-order valence-corrected chi connectivity index (χ4v) is 1.77. The summed E-state index contributed by atoms with van der Waals surface area (Å²) in [6.45, 7) is 2.42. The summed E-state index contributed by atoms with van der Waals surface area (Å²) in [7, 11) is 0. The number of aliphatic hydroxyl groups is 1. The van der Waals surface area contributed by atoms with Gasteiger partial charge in [-0.2, -0.15) is 0 Å². The van der Waals surface area contributed by atoms with Gasteiger partial charge in [-0.15, -0.1) is 0 Å². The van der Waals surface area contributed by atoms with E-state index in [-0.39, 0.29) is 12.5 Å². The molecule has 1 rings (SSSR count). The summed E-state index contributed by atoms with van der Waals surface area (Å²) in [6.07, 6.45) is 0. The quantitative estimate of drug-likeness (QED) is 0.907. The van der Waals surface area contributed by atoms with Crippen molar-refractivity contribution in [3.8, 4) is 0 Å². The van der Waals surface area contributed by atoms with E-state index in [1.165, 1.54) is 6.92 Å². The maximum atomic E-state index is 11.2. The maximum absolute atomic E-state index is 11.2. The first-order valence-electron chi connectivity index (χ1n) is 4.74. The van der Waals surface area contributed by atoms with Crippen LogP contribution in [0.4, 0.5) is 0 Å². The van der Waals surface area contributed by atoms with Gasteiger partial charge in [-0.1, -0.05) is 28.1 Å². The number of nitrogens with zero attached hydrogens (tertiary/aromatic N) is 1. The molecule has 0 fully saturated rings. The summed E-state index contributed by atoms with van der Waals surface area (Å²) < 4.78 is 0.993. The van der Waals surface area contributed by atoms with E-state index < -0.39 is 0 Å². The molecule has 1 N–H and O–H groups in total. The summed E-state index contributed by atoms with van der Waals surface area (Å²) in [5, 5.41) is 8.82. The third-order valence-corrected chi connectivity index (χ3v) is 2.57. The van der Waals surface area contributed by atoms with E-state index >= 15 is 0 Å². The van der Waals surface area contributed by atoms with E-state index in [0.717, 1.165) is 10.0 Å². The summed E-state index contributed by atoms with van der Waals surface area (Å²) in [5.74, 6) is -0.0241. The summed E-state index contributed by atoms with van der Waals surface area (Å²) in [5.41, 5.74) is 1.05. The summed E-state index contributed by atoms with van der Waals surface area (Å²) >= 11 is 3.38. The lowest BCUT2D eigenvalue weighted by Gasteiger charge is -2.19. The molecule has 0 unspecified atom stereocenters. The number of hydrogen-bond acceptors (Lipinski definition) is 2. The molecule has 4 heteroatoms. The Hall–Kier alpha value is -0.870. The number of hydrogen-bond donors (Lipinski definition) is 1. The zero-order chi connectivity index (χ0) is 11.3. The molecule has 1 aromatic carbocycles. The predicted octanol–water partition coefficient (Wildman–Crippen LogP) is 1.79. The highest BCUT2D eigenvalue weighted by molar-refractivity contribution is 9.10. The number of aliphatic hydroxyl groups excluding tert-OH is 1. The summed E-state index contributed by atoms with van der Waals surface area (Å²) in [4.78, 5) is 12.8. The minimum Gasteiger partial charge on any atom is -0.395 e. The molecule has 3 nitrogen and oxygen atoms in total. The maximum Gasteiger partial charge on any atom is 0.219 e. The molecular formula is C11H14BrNO2. The standard InChI is InChI=1S/C11H14BrNO2/c1-9(15)13(5-6-14)8-10-3-2-4-11(12)7-10/h2-4,7,14H,5-6,8H2,1H3. The highest BCUT2D eigenvalue weighted by Gasteiger charge is 2.08. The normalized spacial score (nSPS) is 10.1. The van der Waals surface area contributed by atoms with E-state index in [0.29, 0.717) is 13.1 Å². The molecule has 0 heterocycles. The largest absolute Gasteiger partial charge is 0.395 e. The van der Waals surface area contributed by atoms with Gasteiger partial charge in [0.05, 0.1) is 6.61 Å². The Kier molecular flexibility index (Phi) is 4.78. The van der Waals surface area contributed by atoms with Crippen molar-refractivity contribution in [1.29, 1.82) is 0 Å². The fraction of sp³-hybridized carbons (Fsp3) is 0.364. The molecule has 0 aliphatic heterocycles. The number of carbonyl (C=O) groups is 1. The Morgan fingerprint density at radius 2 is 2.27 bits per heavy atom. The van der Waals surface area contributed by atoms with Gasteiger partial charge >= 0.3 is 0 Å². The first kappa shape index (κ1) is 12.2. The van der Waals surface area contributed by atoms with Gasteiger partial charge < -0.3 is 10.0 Å². The predicted molar refractivity (Wildman–Crippen MR) is 62.3 cm³/mol. The van der Waals surface area contributed by atoms with Gasteiger partial charge in [0.1, 0.15) is 0 Å². The van der Waals surface area contributed by atoms with Crippen LogP contribution in [0.2, 0.25) is 0 Å². The monoisotopic (exact) mass is 271 g/mol. The molecule has 0 saturated heterocycles. The topological polar surface area (TPSA) is 40.5 Å². The van der Waals surface area contributed by atoms with Crippen molar-refractivity contribution in [3.05, 3.63) is 34.3 Å². The first-order valence-corrected chi connectivity index (χ1v) is 5.53. The lowest BCUT2D eigenvalue weighted by molar-refractivity contribution is -0.129. The van der Waals surface area contributed by atoms with Crippen LogP contribution in [0.1, 0.15) is 12.5 Å². The third-order valence-electron chi connectivity index (χ3n) is 2.08. The summed E-state index contributed by atoms with van der Waals surface area (Å²) in [6, 6.07) is 7.79. The second kappa shape index (κ2) is 5.88. The van der Waals surface area contributed by atoms with Gasteiger partial charge in [-0.3, -0.25) is 4.79 Å². The molecule has 1 aromatic rings. The van der Waals surface area contributed by atoms with Crippen LogP contribution in [-0.4, -0.2) is 29.1 Å². The number of rotatable bonds is 4. The van der Waals surface area contributed by atoms with Crippen molar-refractivity contribution in [2.24, 2.45) is 0 Å². The highest BCUT2D eigenvalue weighted by atomic mass is 79.9. The second-order valence-corrected chi connectivity index (χ2v) is 4.21. The van der Waals surface area contributed by atoms with Crippen LogP contribution in [0.15, 0.2) is 28.7 Å². The van der Waals surface area contributed by atoms with E-state index in [1.807, 2.05) is 24.3 Å². The Bertz CT molecular complexity index is 341. The third kappa shape index (κ3) is 4.01. The van der Waals surface area contributed by atoms with Crippen molar-refractivity contribution in [2.45, 2.75) is 13.5 Å². The smallest absolute Gasteiger partial charge is 0.219 e. The number of amides is 1. The Morgan fingerprint density at radius 1 is 1.53 bits per heavy atom. The van der Waals surface area contributed by atoms with Crippen LogP contribution in [0.5, 0.6) is 0 Å². The SMILES string of the molecule is CC(=O)N(CCO)Cc1cccc(Br)c1. The zero-order valence-electron chi connectivity index (χ0n) is 8.61. The lowest BCUT2D eigenvalue weighted by atomic mass is 10.2. The molecule has 82 valence electrons. The molecule has 0 radical (unpaired) electrons.